The molecule has 27 heavy (non-hydrogen) atoms. The van der Waals surface area contributed by atoms with Gasteiger partial charge in [-0.2, -0.15) is 0 Å². The van der Waals surface area contributed by atoms with E-state index in [-0.39, 0.29) is 26.1 Å². The van der Waals surface area contributed by atoms with Crippen molar-refractivity contribution in [2.45, 2.75) is 39.2 Å². The molecule has 7 nitrogen and oxygen atoms in total. The van der Waals surface area contributed by atoms with Gasteiger partial charge >= 0.3 is 11.9 Å². The second-order valence-electron chi connectivity index (χ2n) is 5.92. The molecular weight excluding hydrogens is 348 g/mol. The minimum absolute atomic E-state index is 0.0652. The lowest BCUT2D eigenvalue weighted by Crippen LogP contribution is -2.62. The Bertz CT molecular complexity index is 811. The molecule has 1 aromatic carbocycles. The van der Waals surface area contributed by atoms with Crippen LogP contribution in [0.3, 0.4) is 0 Å². The number of nitrogens with zero attached hydrogens (tertiary/aromatic N) is 1. The van der Waals surface area contributed by atoms with Gasteiger partial charge in [0, 0.05) is 24.4 Å². The number of aromatic nitrogens is 1. The number of carbonyl (C=O) groups excluding carboxylic acids is 3. The van der Waals surface area contributed by atoms with Crippen molar-refractivity contribution in [2.24, 2.45) is 0 Å². The number of hydrogen-bond donors (Lipinski definition) is 1. The molecule has 0 aliphatic carbocycles. The van der Waals surface area contributed by atoms with Crippen LogP contribution in [0.15, 0.2) is 36.5 Å². The van der Waals surface area contributed by atoms with Crippen LogP contribution in [0.2, 0.25) is 0 Å². The first-order chi connectivity index (χ1) is 13.0. The van der Waals surface area contributed by atoms with E-state index in [9.17, 15) is 14.4 Å². The molecule has 2 aromatic rings. The number of para-hydroxylation sites is 1. The molecule has 0 spiro atoms. The molecule has 0 saturated carbocycles. The standard InChI is InChI=1S/C20H24N2O5/c1-4-16(23)22-20(18(24)26-5-2,19(25)27-6-3)13-15-10-7-9-14-11-8-12-21-17(14)15/h7-12H,4-6,13H2,1-3H3,(H,22,23). The van der Waals surface area contributed by atoms with E-state index in [1.165, 1.54) is 0 Å². The van der Waals surface area contributed by atoms with E-state index in [0.29, 0.717) is 11.1 Å². The summed E-state index contributed by atoms with van der Waals surface area (Å²) < 4.78 is 10.3. The van der Waals surface area contributed by atoms with E-state index in [2.05, 4.69) is 10.3 Å². The highest BCUT2D eigenvalue weighted by atomic mass is 16.6. The molecule has 0 bridgehead atoms. The van der Waals surface area contributed by atoms with Crippen molar-refractivity contribution < 1.29 is 23.9 Å². The predicted octanol–water partition coefficient (Wildman–Crippen LogP) is 2.17. The molecule has 0 unspecified atom stereocenters. The van der Waals surface area contributed by atoms with Crippen LogP contribution in [0.1, 0.15) is 32.8 Å². The van der Waals surface area contributed by atoms with Crippen molar-refractivity contribution in [1.82, 2.24) is 10.3 Å². The fraction of sp³-hybridized carbons (Fsp3) is 0.400. The van der Waals surface area contributed by atoms with Crippen LogP contribution in [0.25, 0.3) is 10.9 Å². The van der Waals surface area contributed by atoms with Gasteiger partial charge in [-0.15, -0.1) is 0 Å². The van der Waals surface area contributed by atoms with E-state index in [1.54, 1.807) is 39.1 Å². The van der Waals surface area contributed by atoms with Gasteiger partial charge in [-0.1, -0.05) is 31.2 Å². The normalized spacial score (nSPS) is 11.1. The zero-order chi connectivity index (χ0) is 19.9. The van der Waals surface area contributed by atoms with Crippen molar-refractivity contribution in [3.63, 3.8) is 0 Å². The van der Waals surface area contributed by atoms with Crippen molar-refractivity contribution in [1.29, 1.82) is 0 Å². The molecular formula is C20H24N2O5. The highest BCUT2D eigenvalue weighted by molar-refractivity contribution is 6.08. The lowest BCUT2D eigenvalue weighted by atomic mass is 9.89. The summed E-state index contributed by atoms with van der Waals surface area (Å²) in [4.78, 5) is 42.1. The SMILES string of the molecule is CCOC(=O)C(Cc1cccc2cccnc12)(NC(=O)CC)C(=O)OCC. The summed E-state index contributed by atoms with van der Waals surface area (Å²) in [7, 11) is 0. The largest absolute Gasteiger partial charge is 0.464 e. The summed E-state index contributed by atoms with van der Waals surface area (Å²) in [6.45, 7) is 5.03. The van der Waals surface area contributed by atoms with E-state index in [1.807, 2.05) is 18.2 Å². The van der Waals surface area contributed by atoms with Crippen molar-refractivity contribution in [3.05, 3.63) is 42.1 Å². The molecule has 0 aliphatic heterocycles. The number of rotatable bonds is 8. The van der Waals surface area contributed by atoms with Crippen molar-refractivity contribution in [3.8, 4) is 0 Å². The van der Waals surface area contributed by atoms with Gasteiger partial charge in [0.1, 0.15) is 0 Å². The molecule has 0 saturated heterocycles. The average Bonchev–Trinajstić information content (AvgIpc) is 2.67. The quantitative estimate of drug-likeness (QED) is 0.564. The molecule has 2 rings (SSSR count). The third-order valence-corrected chi connectivity index (χ3v) is 4.09. The second-order valence-corrected chi connectivity index (χ2v) is 5.92. The van der Waals surface area contributed by atoms with Crippen molar-refractivity contribution in [2.75, 3.05) is 13.2 Å². The molecule has 0 radical (unpaired) electrons. The maximum absolute atomic E-state index is 12.8. The van der Waals surface area contributed by atoms with E-state index in [0.717, 1.165) is 5.39 Å². The number of ether oxygens (including phenoxy) is 2. The maximum Gasteiger partial charge on any atom is 0.344 e. The lowest BCUT2D eigenvalue weighted by Gasteiger charge is -2.30. The maximum atomic E-state index is 12.8. The number of hydrogen-bond acceptors (Lipinski definition) is 6. The third-order valence-electron chi connectivity index (χ3n) is 4.09. The Balaban J connectivity index is 2.59. The van der Waals surface area contributed by atoms with Gasteiger partial charge in [0.2, 0.25) is 11.4 Å². The van der Waals surface area contributed by atoms with Gasteiger partial charge in [0.15, 0.2) is 0 Å². The Morgan fingerprint density at radius 2 is 1.63 bits per heavy atom. The minimum Gasteiger partial charge on any atom is -0.464 e. The monoisotopic (exact) mass is 372 g/mol. The number of esters is 2. The van der Waals surface area contributed by atoms with E-state index in [4.69, 9.17) is 9.47 Å². The van der Waals surface area contributed by atoms with Crippen LogP contribution in [-0.2, 0) is 30.3 Å². The molecule has 1 amide bonds. The Hall–Kier alpha value is -2.96. The third kappa shape index (κ3) is 4.42. The van der Waals surface area contributed by atoms with Gasteiger partial charge in [-0.05, 0) is 25.5 Å². The van der Waals surface area contributed by atoms with Crippen molar-refractivity contribution >= 4 is 28.7 Å². The van der Waals surface area contributed by atoms with Crippen LogP contribution in [0.4, 0.5) is 0 Å². The van der Waals surface area contributed by atoms with Crippen LogP contribution in [0, 0.1) is 0 Å². The molecule has 0 fully saturated rings. The fourth-order valence-electron chi connectivity index (χ4n) is 2.80. The Morgan fingerprint density at radius 3 is 2.22 bits per heavy atom. The zero-order valence-corrected chi connectivity index (χ0v) is 15.8. The Morgan fingerprint density at radius 1 is 1.00 bits per heavy atom. The highest BCUT2D eigenvalue weighted by Crippen LogP contribution is 2.24. The number of amides is 1. The Kier molecular flexibility index (Phi) is 6.87. The molecule has 0 atom stereocenters. The summed E-state index contributed by atoms with van der Waals surface area (Å²) in [5, 5.41) is 3.41. The van der Waals surface area contributed by atoms with Gasteiger partial charge < -0.3 is 14.8 Å². The summed E-state index contributed by atoms with van der Waals surface area (Å²) in [5.74, 6) is -2.15. The van der Waals surface area contributed by atoms with Gasteiger partial charge in [-0.3, -0.25) is 9.78 Å². The topological polar surface area (TPSA) is 94.6 Å². The lowest BCUT2D eigenvalue weighted by molar-refractivity contribution is -0.168. The Labute approximate surface area is 158 Å². The molecule has 144 valence electrons. The summed E-state index contributed by atoms with van der Waals surface area (Å²) in [5.41, 5.74) is -0.695. The predicted molar refractivity (Wildman–Crippen MR) is 99.9 cm³/mol. The minimum atomic E-state index is -1.97. The van der Waals surface area contributed by atoms with Gasteiger partial charge in [0.05, 0.1) is 18.7 Å². The average molecular weight is 372 g/mol. The second kappa shape index (κ2) is 9.12. The summed E-state index contributed by atoms with van der Waals surface area (Å²) in [6, 6.07) is 9.14. The number of pyridine rings is 1. The number of nitrogens with one attached hydrogen (secondary N) is 1. The number of benzene rings is 1. The molecule has 1 aromatic heterocycles. The zero-order valence-electron chi connectivity index (χ0n) is 15.8. The van der Waals surface area contributed by atoms with Crippen LogP contribution >= 0.6 is 0 Å². The smallest absolute Gasteiger partial charge is 0.344 e. The van der Waals surface area contributed by atoms with E-state index >= 15 is 0 Å². The molecule has 1 heterocycles. The summed E-state index contributed by atoms with van der Waals surface area (Å²) in [6.07, 6.45) is 1.62. The van der Waals surface area contributed by atoms with Gasteiger partial charge in [0.25, 0.3) is 0 Å². The number of carbonyl (C=O) groups is 3. The molecule has 7 heteroatoms. The van der Waals surface area contributed by atoms with E-state index < -0.39 is 23.4 Å². The van der Waals surface area contributed by atoms with Crippen LogP contribution in [-0.4, -0.2) is 41.6 Å². The van der Waals surface area contributed by atoms with Crippen LogP contribution < -0.4 is 5.32 Å². The first-order valence-electron chi connectivity index (χ1n) is 8.96. The van der Waals surface area contributed by atoms with Crippen LogP contribution in [0.5, 0.6) is 0 Å². The first-order valence-corrected chi connectivity index (χ1v) is 8.96. The molecule has 1 N–H and O–H groups in total. The first kappa shape index (κ1) is 20.4. The summed E-state index contributed by atoms with van der Waals surface area (Å²) >= 11 is 0. The van der Waals surface area contributed by atoms with Gasteiger partial charge in [-0.25, -0.2) is 9.59 Å². The molecule has 0 aliphatic rings. The number of fused-ring (bicyclic) bond motifs is 1. The fourth-order valence-corrected chi connectivity index (χ4v) is 2.80. The highest BCUT2D eigenvalue weighted by Gasteiger charge is 2.50.